The van der Waals surface area contributed by atoms with Gasteiger partial charge in [0.2, 0.25) is 0 Å². The van der Waals surface area contributed by atoms with Gasteiger partial charge in [0.15, 0.2) is 0 Å². The zero-order valence-corrected chi connectivity index (χ0v) is 20.2. The summed E-state index contributed by atoms with van der Waals surface area (Å²) in [6.45, 7) is 8.78. The minimum absolute atomic E-state index is 0.0867. The fraction of sp³-hybridized carbons (Fsp3) is 0.444. The molecule has 1 fully saturated rings. The second-order valence-electron chi connectivity index (χ2n) is 9.20. The highest BCUT2D eigenvalue weighted by Crippen LogP contribution is 2.48. The molecular weight excluding hydrogens is 433 g/mol. The van der Waals surface area contributed by atoms with Crippen LogP contribution in [0.2, 0.25) is 0 Å². The Hall–Kier alpha value is -3.22. The van der Waals surface area contributed by atoms with Gasteiger partial charge in [0, 0.05) is 35.6 Å². The molecule has 1 aliphatic rings. The molecule has 2 aromatic heterocycles. The molecule has 0 bridgehead atoms. The van der Waals surface area contributed by atoms with Crippen LogP contribution in [0.5, 0.6) is 0 Å². The monoisotopic (exact) mass is 465 g/mol. The van der Waals surface area contributed by atoms with Gasteiger partial charge in [-0.15, -0.1) is 0 Å². The van der Waals surface area contributed by atoms with Crippen LogP contribution in [0.15, 0.2) is 36.5 Å². The van der Waals surface area contributed by atoms with Gasteiger partial charge in [-0.3, -0.25) is 9.59 Å². The van der Waals surface area contributed by atoms with E-state index in [1.54, 1.807) is 12.1 Å². The lowest BCUT2D eigenvalue weighted by Crippen LogP contribution is -2.39. The largest absolute Gasteiger partial charge is 0.481 e. The third-order valence-corrected chi connectivity index (χ3v) is 6.91. The Morgan fingerprint density at radius 3 is 2.59 bits per heavy atom. The van der Waals surface area contributed by atoms with Gasteiger partial charge >= 0.3 is 5.97 Å². The first kappa shape index (κ1) is 23.9. The lowest BCUT2D eigenvalue weighted by Gasteiger charge is -2.27. The average Bonchev–Trinajstić information content (AvgIpc) is 3.51. The predicted octanol–water partition coefficient (Wildman–Crippen LogP) is 5.54. The first-order valence-electron chi connectivity index (χ1n) is 12.1. The zero-order valence-electron chi connectivity index (χ0n) is 20.2. The van der Waals surface area contributed by atoms with Crippen molar-refractivity contribution in [2.24, 2.45) is 5.92 Å². The van der Waals surface area contributed by atoms with Gasteiger partial charge in [0.1, 0.15) is 17.2 Å². The second kappa shape index (κ2) is 9.57. The third-order valence-electron chi connectivity index (χ3n) is 6.91. The van der Waals surface area contributed by atoms with Gasteiger partial charge in [-0.1, -0.05) is 32.4 Å². The molecule has 1 N–H and O–H groups in total. The van der Waals surface area contributed by atoms with Crippen LogP contribution in [0.1, 0.15) is 74.6 Å². The van der Waals surface area contributed by atoms with Crippen molar-refractivity contribution in [1.29, 1.82) is 0 Å². The number of nitrogens with zero attached hydrogens (tertiary/aromatic N) is 3. The number of benzene rings is 1. The number of carboxylic acids is 1. The van der Waals surface area contributed by atoms with Gasteiger partial charge in [-0.2, -0.15) is 0 Å². The van der Waals surface area contributed by atoms with Gasteiger partial charge < -0.3 is 14.4 Å². The zero-order chi connectivity index (χ0) is 24.6. The summed E-state index contributed by atoms with van der Waals surface area (Å²) in [5.74, 6) is -1.84. The summed E-state index contributed by atoms with van der Waals surface area (Å²) < 4.78 is 17.0. The summed E-state index contributed by atoms with van der Waals surface area (Å²) in [6.07, 6.45) is 5.03. The smallest absolute Gasteiger partial charge is 0.307 e. The number of aryl methyl sites for hydroxylation is 1. The van der Waals surface area contributed by atoms with Gasteiger partial charge in [-0.25, -0.2) is 9.37 Å². The number of hydrogen-bond acceptors (Lipinski definition) is 3. The number of carbonyl (C=O) groups excluding carboxylic acids is 1. The molecule has 0 radical (unpaired) electrons. The molecule has 7 heteroatoms. The van der Waals surface area contributed by atoms with Crippen LogP contribution in [-0.4, -0.2) is 43.9 Å². The Kier molecular flexibility index (Phi) is 6.73. The first-order chi connectivity index (χ1) is 16.3. The SMILES string of the molecule is CCCC(C)N(CC)C(=O)c1cc(CC)n2cc(-c3ccc([C@H]4C[C@@H]4C(=O)O)cc3F)cc2n1. The van der Waals surface area contributed by atoms with Crippen molar-refractivity contribution in [3.8, 4) is 11.1 Å². The molecule has 6 nitrogen and oxygen atoms in total. The molecule has 34 heavy (non-hydrogen) atoms. The van der Waals surface area contributed by atoms with E-state index in [0.717, 1.165) is 24.1 Å². The van der Waals surface area contributed by atoms with Gasteiger partial charge in [-0.05, 0) is 62.8 Å². The summed E-state index contributed by atoms with van der Waals surface area (Å²) in [4.78, 5) is 30.9. The third kappa shape index (κ3) is 4.43. The average molecular weight is 466 g/mol. The first-order valence-corrected chi connectivity index (χ1v) is 12.1. The number of fused-ring (bicyclic) bond motifs is 1. The van der Waals surface area contributed by atoms with Crippen molar-refractivity contribution in [2.45, 2.75) is 65.3 Å². The van der Waals surface area contributed by atoms with E-state index in [9.17, 15) is 9.59 Å². The van der Waals surface area contributed by atoms with E-state index in [-0.39, 0.29) is 23.7 Å². The molecule has 0 saturated heterocycles. The summed E-state index contributed by atoms with van der Waals surface area (Å²) in [6, 6.07) is 8.73. The molecule has 4 rings (SSSR count). The summed E-state index contributed by atoms with van der Waals surface area (Å²) in [7, 11) is 0. The number of aliphatic carboxylic acids is 1. The molecular formula is C27H32FN3O3. The number of aromatic nitrogens is 2. The standard InChI is InChI=1S/C27H32FN3O3/c1-5-8-16(4)30(7-3)26(32)24-13-19(6-2)31-15-18(12-25(31)29-24)20-10-9-17(11-23(20)28)21-14-22(21)27(33)34/h9-13,15-16,21-22H,5-8,14H2,1-4H3,(H,33,34)/t16?,21-,22+/m1/s1. The number of carbonyl (C=O) groups is 2. The van der Waals surface area contributed by atoms with Crippen LogP contribution in [0.25, 0.3) is 16.8 Å². The van der Waals surface area contributed by atoms with E-state index in [2.05, 4.69) is 18.8 Å². The summed E-state index contributed by atoms with van der Waals surface area (Å²) in [5.41, 5.74) is 3.77. The maximum atomic E-state index is 15.0. The minimum atomic E-state index is -0.831. The van der Waals surface area contributed by atoms with E-state index in [1.165, 1.54) is 6.07 Å². The Morgan fingerprint density at radius 2 is 2.00 bits per heavy atom. The molecule has 0 aliphatic heterocycles. The van der Waals surface area contributed by atoms with Crippen molar-refractivity contribution in [2.75, 3.05) is 6.54 Å². The molecule has 2 heterocycles. The van der Waals surface area contributed by atoms with Gasteiger partial charge in [0.05, 0.1) is 5.92 Å². The van der Waals surface area contributed by atoms with Crippen LogP contribution in [-0.2, 0) is 11.2 Å². The normalized spacial score (nSPS) is 18.1. The molecule has 1 unspecified atom stereocenters. The van der Waals surface area contributed by atoms with E-state index < -0.39 is 11.9 Å². The maximum Gasteiger partial charge on any atom is 0.307 e. The summed E-state index contributed by atoms with van der Waals surface area (Å²) in [5, 5.41) is 9.15. The number of halogens is 1. The van der Waals surface area contributed by atoms with Crippen molar-refractivity contribution in [3.63, 3.8) is 0 Å². The van der Waals surface area contributed by atoms with Gasteiger partial charge in [0.25, 0.3) is 5.91 Å². The highest BCUT2D eigenvalue weighted by Gasteiger charge is 2.44. The molecule has 1 amide bonds. The van der Waals surface area contributed by atoms with Crippen molar-refractivity contribution >= 4 is 17.5 Å². The quantitative estimate of drug-likeness (QED) is 0.450. The van der Waals surface area contributed by atoms with Crippen LogP contribution < -0.4 is 0 Å². The molecule has 0 spiro atoms. The predicted molar refractivity (Wildman–Crippen MR) is 130 cm³/mol. The number of carboxylic acid groups (broad SMARTS) is 1. The van der Waals surface area contributed by atoms with Crippen molar-refractivity contribution in [1.82, 2.24) is 14.3 Å². The van der Waals surface area contributed by atoms with Crippen LogP contribution in [0.4, 0.5) is 4.39 Å². The highest BCUT2D eigenvalue weighted by molar-refractivity contribution is 5.93. The lowest BCUT2D eigenvalue weighted by molar-refractivity contribution is -0.138. The minimum Gasteiger partial charge on any atom is -0.481 e. The number of rotatable bonds is 9. The maximum absolute atomic E-state index is 15.0. The Morgan fingerprint density at radius 1 is 1.24 bits per heavy atom. The van der Waals surface area contributed by atoms with Crippen LogP contribution >= 0.6 is 0 Å². The second-order valence-corrected chi connectivity index (χ2v) is 9.20. The Balaban J connectivity index is 1.68. The Bertz CT molecular complexity index is 1240. The van der Waals surface area contributed by atoms with Crippen LogP contribution in [0.3, 0.4) is 0 Å². The molecule has 3 aromatic rings. The molecule has 1 saturated carbocycles. The number of amides is 1. The van der Waals surface area contributed by atoms with E-state index in [0.29, 0.717) is 41.9 Å². The topological polar surface area (TPSA) is 74.9 Å². The van der Waals surface area contributed by atoms with Crippen molar-refractivity contribution < 1.29 is 19.1 Å². The van der Waals surface area contributed by atoms with E-state index in [4.69, 9.17) is 5.11 Å². The molecule has 3 atom stereocenters. The highest BCUT2D eigenvalue weighted by atomic mass is 19.1. The van der Waals surface area contributed by atoms with E-state index in [1.807, 2.05) is 41.5 Å². The fourth-order valence-corrected chi connectivity index (χ4v) is 4.89. The Labute approximate surface area is 199 Å². The van der Waals surface area contributed by atoms with Crippen molar-refractivity contribution in [3.05, 3.63) is 59.3 Å². The molecule has 1 aliphatic carbocycles. The number of hydrogen-bond donors (Lipinski definition) is 1. The van der Waals surface area contributed by atoms with E-state index >= 15 is 4.39 Å². The summed E-state index contributed by atoms with van der Waals surface area (Å²) >= 11 is 0. The fourth-order valence-electron chi connectivity index (χ4n) is 4.89. The molecule has 180 valence electrons. The lowest BCUT2D eigenvalue weighted by atomic mass is 10.0. The molecule has 1 aromatic carbocycles. The van der Waals surface area contributed by atoms with Crippen LogP contribution in [0, 0.1) is 11.7 Å².